The number of hydrogen-bond acceptors (Lipinski definition) is 3. The maximum absolute atomic E-state index is 12.1. The van der Waals surface area contributed by atoms with E-state index in [4.69, 9.17) is 18.0 Å². The predicted molar refractivity (Wildman–Crippen MR) is 74.3 cm³/mol. The van der Waals surface area contributed by atoms with Crippen molar-refractivity contribution < 1.29 is 18.0 Å². The normalized spacial score (nSPS) is 18.1. The second-order valence-corrected chi connectivity index (χ2v) is 5.85. The van der Waals surface area contributed by atoms with Crippen LogP contribution >= 0.6 is 12.2 Å². The molecule has 2 N–H and O–H groups in total. The summed E-state index contributed by atoms with van der Waals surface area (Å²) >= 11 is 5.01. The summed E-state index contributed by atoms with van der Waals surface area (Å²) in [6.07, 6.45) is -5.84. The molecule has 1 rings (SSSR count). The molecular formula is C12H20F3N3OS. The monoisotopic (exact) mass is 311 g/mol. The standard InChI is InChI=1S/C12H20F3N3OS/c1-11(2,10(16)20)18-7-5-17(6-8-18)9(19)3-4-12(13,14)15/h3-8H2,1-2H3,(H2,16,20). The lowest BCUT2D eigenvalue weighted by Gasteiger charge is -2.43. The van der Waals surface area contributed by atoms with Gasteiger partial charge >= 0.3 is 6.18 Å². The molecule has 0 bridgehead atoms. The van der Waals surface area contributed by atoms with Crippen LogP contribution in [0.1, 0.15) is 26.7 Å². The van der Waals surface area contributed by atoms with Crippen molar-refractivity contribution in [2.75, 3.05) is 26.2 Å². The summed E-state index contributed by atoms with van der Waals surface area (Å²) in [7, 11) is 0. The van der Waals surface area contributed by atoms with Crippen LogP contribution in [0.3, 0.4) is 0 Å². The van der Waals surface area contributed by atoms with Gasteiger partial charge in [0.1, 0.15) is 0 Å². The van der Waals surface area contributed by atoms with Crippen molar-refractivity contribution in [3.63, 3.8) is 0 Å². The summed E-state index contributed by atoms with van der Waals surface area (Å²) < 4.78 is 36.2. The minimum atomic E-state index is -4.29. The molecule has 1 aliphatic heterocycles. The second kappa shape index (κ2) is 6.26. The van der Waals surface area contributed by atoms with Crippen LogP contribution in [0.15, 0.2) is 0 Å². The summed E-state index contributed by atoms with van der Waals surface area (Å²) in [5.41, 5.74) is 5.23. The van der Waals surface area contributed by atoms with E-state index in [1.54, 1.807) is 0 Å². The molecule has 0 saturated carbocycles. The third kappa shape index (κ3) is 4.59. The molecule has 1 heterocycles. The predicted octanol–water partition coefficient (Wildman–Crippen LogP) is 1.54. The minimum absolute atomic E-state index is 0.370. The Hall–Kier alpha value is -0.890. The Morgan fingerprint density at radius 1 is 1.20 bits per heavy atom. The van der Waals surface area contributed by atoms with Gasteiger partial charge in [-0.15, -0.1) is 0 Å². The fraction of sp³-hybridized carbons (Fsp3) is 0.833. The molecule has 0 atom stereocenters. The van der Waals surface area contributed by atoms with Crippen LogP contribution in [0.2, 0.25) is 0 Å². The maximum Gasteiger partial charge on any atom is 0.389 e. The van der Waals surface area contributed by atoms with Crippen molar-refractivity contribution in [2.45, 2.75) is 38.4 Å². The van der Waals surface area contributed by atoms with Crippen LogP contribution in [0.25, 0.3) is 0 Å². The molecule has 1 fully saturated rings. The van der Waals surface area contributed by atoms with Crippen molar-refractivity contribution in [1.82, 2.24) is 9.80 Å². The lowest BCUT2D eigenvalue weighted by Crippen LogP contribution is -2.59. The topological polar surface area (TPSA) is 49.6 Å². The molecule has 0 aromatic carbocycles. The Balaban J connectivity index is 2.46. The molecule has 1 amide bonds. The highest BCUT2D eigenvalue weighted by Crippen LogP contribution is 2.23. The average Bonchev–Trinajstić information content (AvgIpc) is 2.35. The zero-order chi connectivity index (χ0) is 15.6. The van der Waals surface area contributed by atoms with Crippen molar-refractivity contribution in [1.29, 1.82) is 0 Å². The van der Waals surface area contributed by atoms with E-state index in [-0.39, 0.29) is 0 Å². The molecular weight excluding hydrogens is 291 g/mol. The summed E-state index contributed by atoms with van der Waals surface area (Å²) in [6.45, 7) is 5.72. The van der Waals surface area contributed by atoms with Crippen LogP contribution in [-0.2, 0) is 4.79 Å². The third-order valence-corrected chi connectivity index (χ3v) is 4.15. The van der Waals surface area contributed by atoms with Crippen molar-refractivity contribution in [2.24, 2.45) is 5.73 Å². The van der Waals surface area contributed by atoms with E-state index >= 15 is 0 Å². The Kier molecular flexibility index (Phi) is 5.37. The average molecular weight is 311 g/mol. The van der Waals surface area contributed by atoms with Gasteiger partial charge in [0.2, 0.25) is 5.91 Å². The first-order valence-corrected chi connectivity index (χ1v) is 6.84. The van der Waals surface area contributed by atoms with E-state index in [0.29, 0.717) is 31.2 Å². The zero-order valence-electron chi connectivity index (χ0n) is 11.7. The SMILES string of the molecule is CC(C)(C(N)=S)N1CCN(C(=O)CCC(F)(F)F)CC1. The molecule has 20 heavy (non-hydrogen) atoms. The van der Waals surface area contributed by atoms with E-state index in [2.05, 4.69) is 0 Å². The molecule has 8 heteroatoms. The quantitative estimate of drug-likeness (QED) is 0.800. The fourth-order valence-electron chi connectivity index (χ4n) is 2.08. The Morgan fingerprint density at radius 3 is 2.10 bits per heavy atom. The molecule has 0 spiro atoms. The van der Waals surface area contributed by atoms with E-state index < -0.39 is 30.5 Å². The summed E-state index contributed by atoms with van der Waals surface area (Å²) in [5, 5.41) is 0. The van der Waals surface area contributed by atoms with Gasteiger partial charge in [0.15, 0.2) is 0 Å². The highest BCUT2D eigenvalue weighted by Gasteiger charge is 2.34. The molecule has 0 aromatic heterocycles. The van der Waals surface area contributed by atoms with Crippen LogP contribution in [0.5, 0.6) is 0 Å². The van der Waals surface area contributed by atoms with Crippen molar-refractivity contribution >= 4 is 23.1 Å². The van der Waals surface area contributed by atoms with E-state index in [1.807, 2.05) is 18.7 Å². The van der Waals surface area contributed by atoms with E-state index in [0.717, 1.165) is 0 Å². The summed E-state index contributed by atoms with van der Waals surface area (Å²) in [4.78, 5) is 15.6. The smallest absolute Gasteiger partial charge is 0.389 e. The van der Waals surface area contributed by atoms with Gasteiger partial charge in [-0.25, -0.2) is 0 Å². The molecule has 116 valence electrons. The van der Waals surface area contributed by atoms with Gasteiger partial charge in [0.25, 0.3) is 0 Å². The number of alkyl halides is 3. The van der Waals surface area contributed by atoms with Crippen molar-refractivity contribution in [3.8, 4) is 0 Å². The Morgan fingerprint density at radius 2 is 1.70 bits per heavy atom. The van der Waals surface area contributed by atoms with Gasteiger partial charge in [-0.05, 0) is 13.8 Å². The maximum atomic E-state index is 12.1. The molecule has 4 nitrogen and oxygen atoms in total. The molecule has 1 saturated heterocycles. The minimum Gasteiger partial charge on any atom is -0.392 e. The van der Waals surface area contributed by atoms with E-state index in [1.165, 1.54) is 4.90 Å². The molecule has 0 aliphatic carbocycles. The summed E-state index contributed by atoms with van der Waals surface area (Å²) in [5.74, 6) is -0.449. The molecule has 1 aliphatic rings. The lowest BCUT2D eigenvalue weighted by molar-refractivity contribution is -0.150. The van der Waals surface area contributed by atoms with Gasteiger partial charge in [0.05, 0.1) is 16.9 Å². The van der Waals surface area contributed by atoms with Crippen molar-refractivity contribution in [3.05, 3.63) is 0 Å². The highest BCUT2D eigenvalue weighted by atomic mass is 32.1. The number of hydrogen-bond donors (Lipinski definition) is 1. The highest BCUT2D eigenvalue weighted by molar-refractivity contribution is 7.80. The molecule has 0 unspecified atom stereocenters. The third-order valence-electron chi connectivity index (χ3n) is 3.65. The number of nitrogens with two attached hydrogens (primary N) is 1. The number of amides is 1. The fourth-order valence-corrected chi connectivity index (χ4v) is 2.21. The second-order valence-electron chi connectivity index (χ2n) is 5.41. The van der Waals surface area contributed by atoms with Crippen LogP contribution in [0, 0.1) is 0 Å². The number of carbonyl (C=O) groups excluding carboxylic acids is 1. The van der Waals surface area contributed by atoms with Crippen LogP contribution < -0.4 is 5.73 Å². The van der Waals surface area contributed by atoms with Gasteiger partial charge in [-0.2, -0.15) is 13.2 Å². The number of rotatable bonds is 4. The van der Waals surface area contributed by atoms with Gasteiger partial charge in [-0.3, -0.25) is 9.69 Å². The van der Waals surface area contributed by atoms with Gasteiger partial charge in [0, 0.05) is 32.6 Å². The first kappa shape index (κ1) is 17.2. The zero-order valence-corrected chi connectivity index (χ0v) is 12.5. The molecule has 0 radical (unpaired) electrons. The first-order valence-electron chi connectivity index (χ1n) is 6.43. The van der Waals surface area contributed by atoms with Crippen LogP contribution in [0.4, 0.5) is 13.2 Å². The molecule has 0 aromatic rings. The van der Waals surface area contributed by atoms with E-state index in [9.17, 15) is 18.0 Å². The van der Waals surface area contributed by atoms with Gasteiger partial charge in [-0.1, -0.05) is 12.2 Å². The van der Waals surface area contributed by atoms with Crippen LogP contribution in [-0.4, -0.2) is 58.6 Å². The Bertz CT molecular complexity index is 377. The summed E-state index contributed by atoms with van der Waals surface area (Å²) in [6, 6.07) is 0. The van der Waals surface area contributed by atoms with Gasteiger partial charge < -0.3 is 10.6 Å². The number of piperazine rings is 1. The Labute approximate surface area is 122 Å². The number of carbonyl (C=O) groups is 1. The largest absolute Gasteiger partial charge is 0.392 e. The first-order chi connectivity index (χ1) is 9.04. The lowest BCUT2D eigenvalue weighted by atomic mass is 10.0. The number of nitrogens with zero attached hydrogens (tertiary/aromatic N) is 2. The number of thiocarbonyl (C=S) groups is 1. The number of halogens is 3.